The van der Waals surface area contributed by atoms with Gasteiger partial charge in [-0.2, -0.15) is 0 Å². The normalized spacial score (nSPS) is 13.4. The van der Waals surface area contributed by atoms with Crippen molar-refractivity contribution >= 4 is 5.71 Å². The molecule has 92 valence electrons. The zero-order chi connectivity index (χ0) is 12.7. The molecule has 0 aliphatic carbocycles. The Morgan fingerprint density at radius 3 is 2.82 bits per heavy atom. The smallest absolute Gasteiger partial charge is 0.132 e. The van der Waals surface area contributed by atoms with Gasteiger partial charge in [0.25, 0.3) is 0 Å². The minimum Gasteiger partial charge on any atom is -0.411 e. The first-order chi connectivity index (χ1) is 8.22. The fourth-order valence-electron chi connectivity index (χ4n) is 1.39. The molecule has 0 radical (unpaired) electrons. The minimum atomic E-state index is -0.435. The number of oxime groups is 1. The third kappa shape index (κ3) is 3.67. The summed E-state index contributed by atoms with van der Waals surface area (Å²) in [4.78, 5) is 0. The number of benzene rings is 1. The van der Waals surface area contributed by atoms with Crippen molar-refractivity contribution in [3.05, 3.63) is 48.3 Å². The summed E-state index contributed by atoms with van der Waals surface area (Å²) < 4.78 is 18.9. The van der Waals surface area contributed by atoms with Crippen molar-refractivity contribution < 1.29 is 14.3 Å². The zero-order valence-corrected chi connectivity index (χ0v) is 9.77. The Kier molecular flexibility index (Phi) is 5.36. The topological polar surface area (TPSA) is 41.8 Å². The second kappa shape index (κ2) is 6.81. The molecule has 4 heteroatoms. The third-order valence-corrected chi connectivity index (χ3v) is 2.40. The molecule has 1 aromatic carbocycles. The largest absolute Gasteiger partial charge is 0.411 e. The van der Waals surface area contributed by atoms with Gasteiger partial charge < -0.3 is 9.94 Å². The lowest BCUT2D eigenvalue weighted by atomic mass is 10.1. The van der Waals surface area contributed by atoms with E-state index in [2.05, 4.69) is 11.7 Å². The number of halogens is 1. The van der Waals surface area contributed by atoms with Gasteiger partial charge in [0.2, 0.25) is 0 Å². The Labute approximate surface area is 100 Å². The van der Waals surface area contributed by atoms with E-state index in [0.29, 0.717) is 0 Å². The van der Waals surface area contributed by atoms with E-state index in [1.807, 2.05) is 6.92 Å². The van der Waals surface area contributed by atoms with Crippen LogP contribution in [0.5, 0.6) is 0 Å². The fourth-order valence-corrected chi connectivity index (χ4v) is 1.39. The van der Waals surface area contributed by atoms with Crippen molar-refractivity contribution in [2.45, 2.75) is 19.4 Å². The lowest BCUT2D eigenvalue weighted by Crippen LogP contribution is -2.18. The summed E-state index contributed by atoms with van der Waals surface area (Å²) in [5.74, 6) is -0.435. The van der Waals surface area contributed by atoms with Crippen molar-refractivity contribution in [1.82, 2.24) is 0 Å². The van der Waals surface area contributed by atoms with Crippen LogP contribution in [0.15, 0.2) is 42.1 Å². The average Bonchev–Trinajstić information content (AvgIpc) is 2.36. The molecule has 0 aliphatic rings. The van der Waals surface area contributed by atoms with Crippen LogP contribution in [-0.4, -0.2) is 23.6 Å². The maximum Gasteiger partial charge on any atom is 0.132 e. The first kappa shape index (κ1) is 13.4. The van der Waals surface area contributed by atoms with E-state index >= 15 is 0 Å². The van der Waals surface area contributed by atoms with Crippen LogP contribution < -0.4 is 0 Å². The zero-order valence-electron chi connectivity index (χ0n) is 9.77. The molecule has 0 saturated heterocycles. The monoisotopic (exact) mass is 237 g/mol. The van der Waals surface area contributed by atoms with Crippen LogP contribution >= 0.6 is 0 Å². The highest BCUT2D eigenvalue weighted by molar-refractivity contribution is 6.01. The highest BCUT2D eigenvalue weighted by Gasteiger charge is 2.11. The molecule has 17 heavy (non-hydrogen) atoms. The number of hydrogen-bond donors (Lipinski definition) is 1. The van der Waals surface area contributed by atoms with Crippen LogP contribution in [0.1, 0.15) is 18.9 Å². The summed E-state index contributed by atoms with van der Waals surface area (Å²) in [5.41, 5.74) is 0.414. The van der Waals surface area contributed by atoms with Gasteiger partial charge in [0.05, 0.1) is 12.7 Å². The predicted molar refractivity (Wildman–Crippen MR) is 65.0 cm³/mol. The molecule has 0 fully saturated rings. The molecule has 1 rings (SSSR count). The molecule has 0 amide bonds. The Hall–Kier alpha value is -1.68. The molecule has 1 unspecified atom stereocenters. The van der Waals surface area contributed by atoms with Crippen LogP contribution in [0.4, 0.5) is 4.39 Å². The molecule has 1 N–H and O–H groups in total. The molecule has 0 aliphatic heterocycles. The van der Waals surface area contributed by atoms with Gasteiger partial charge in [-0.1, -0.05) is 30.3 Å². The molecule has 0 aromatic heterocycles. The van der Waals surface area contributed by atoms with Gasteiger partial charge in [-0.3, -0.25) is 0 Å². The summed E-state index contributed by atoms with van der Waals surface area (Å²) in [6.07, 6.45) is 2.30. The maximum atomic E-state index is 13.4. The second-order valence-corrected chi connectivity index (χ2v) is 3.52. The van der Waals surface area contributed by atoms with E-state index in [9.17, 15) is 4.39 Å². The third-order valence-electron chi connectivity index (χ3n) is 2.40. The van der Waals surface area contributed by atoms with E-state index in [4.69, 9.17) is 9.94 Å². The molecule has 0 spiro atoms. The molecule has 0 bridgehead atoms. The van der Waals surface area contributed by atoms with Crippen LogP contribution in [0.2, 0.25) is 0 Å². The molecule has 3 nitrogen and oxygen atoms in total. The minimum absolute atomic E-state index is 0.0436. The molecule has 0 heterocycles. The van der Waals surface area contributed by atoms with Crippen molar-refractivity contribution in [3.63, 3.8) is 0 Å². The number of rotatable bonds is 6. The van der Waals surface area contributed by atoms with Gasteiger partial charge in [-0.15, -0.1) is 6.58 Å². The lowest BCUT2D eigenvalue weighted by Gasteiger charge is -2.12. The highest BCUT2D eigenvalue weighted by atomic mass is 19.1. The van der Waals surface area contributed by atoms with Crippen molar-refractivity contribution in [1.29, 1.82) is 0 Å². The van der Waals surface area contributed by atoms with E-state index in [1.165, 1.54) is 6.07 Å². The highest BCUT2D eigenvalue weighted by Crippen LogP contribution is 2.09. The molecular weight excluding hydrogens is 221 g/mol. The van der Waals surface area contributed by atoms with E-state index in [-0.39, 0.29) is 24.0 Å². The quantitative estimate of drug-likeness (QED) is 0.357. The molecule has 1 atom stereocenters. The first-order valence-corrected chi connectivity index (χ1v) is 5.42. The van der Waals surface area contributed by atoms with E-state index in [1.54, 1.807) is 24.3 Å². The van der Waals surface area contributed by atoms with Crippen LogP contribution in [-0.2, 0) is 4.74 Å². The predicted octanol–water partition coefficient (Wildman–Crippen LogP) is 2.99. The van der Waals surface area contributed by atoms with Crippen molar-refractivity contribution in [2.75, 3.05) is 6.61 Å². The fraction of sp³-hybridized carbons (Fsp3) is 0.308. The summed E-state index contributed by atoms with van der Waals surface area (Å²) >= 11 is 0. The van der Waals surface area contributed by atoms with Crippen LogP contribution in [0.3, 0.4) is 0 Å². The average molecular weight is 237 g/mol. The summed E-state index contributed by atoms with van der Waals surface area (Å²) in [6.45, 7) is 5.62. The SMILES string of the molecule is C=CC(CC)OCC(=NO)c1ccccc1F. The molecule has 0 saturated carbocycles. The Morgan fingerprint density at radius 2 is 2.29 bits per heavy atom. The first-order valence-electron chi connectivity index (χ1n) is 5.42. The number of nitrogens with zero attached hydrogens (tertiary/aromatic N) is 1. The van der Waals surface area contributed by atoms with Gasteiger partial charge in [-0.05, 0) is 18.6 Å². The molecule has 1 aromatic rings. The second-order valence-electron chi connectivity index (χ2n) is 3.52. The number of ether oxygens (including phenoxy) is 1. The van der Waals surface area contributed by atoms with Gasteiger partial charge >= 0.3 is 0 Å². The summed E-state index contributed by atoms with van der Waals surface area (Å²) in [6, 6.07) is 6.11. The van der Waals surface area contributed by atoms with Gasteiger partial charge in [-0.25, -0.2) is 4.39 Å². The summed E-state index contributed by atoms with van der Waals surface area (Å²) in [5, 5.41) is 12.0. The van der Waals surface area contributed by atoms with Crippen molar-refractivity contribution in [3.8, 4) is 0 Å². The van der Waals surface area contributed by atoms with Crippen molar-refractivity contribution in [2.24, 2.45) is 5.16 Å². The Balaban J connectivity index is 2.74. The van der Waals surface area contributed by atoms with Gasteiger partial charge in [0.15, 0.2) is 0 Å². The number of hydrogen-bond acceptors (Lipinski definition) is 3. The van der Waals surface area contributed by atoms with E-state index in [0.717, 1.165) is 6.42 Å². The maximum absolute atomic E-state index is 13.4. The standard InChI is InChI=1S/C13H16FNO2/c1-3-10(4-2)17-9-13(15-16)11-7-5-6-8-12(11)14/h3,5-8,10,16H,1,4,9H2,2H3. The molecular formula is C13H16FNO2. The Morgan fingerprint density at radius 1 is 1.59 bits per heavy atom. The lowest BCUT2D eigenvalue weighted by molar-refractivity contribution is 0.113. The van der Waals surface area contributed by atoms with Gasteiger partial charge in [0, 0.05) is 5.56 Å². The Bertz CT molecular complexity index is 404. The van der Waals surface area contributed by atoms with Crippen LogP contribution in [0.25, 0.3) is 0 Å². The van der Waals surface area contributed by atoms with Crippen LogP contribution in [0, 0.1) is 5.82 Å². The summed E-state index contributed by atoms with van der Waals surface area (Å²) in [7, 11) is 0. The van der Waals surface area contributed by atoms with E-state index < -0.39 is 5.82 Å². The van der Waals surface area contributed by atoms with Gasteiger partial charge in [0.1, 0.15) is 11.5 Å².